The number of aliphatic carboxylic acids is 1. The van der Waals surface area contributed by atoms with Crippen LogP contribution in [-0.2, 0) is 14.3 Å². The van der Waals surface area contributed by atoms with Gasteiger partial charge in [-0.3, -0.25) is 4.79 Å². The Balaban J connectivity index is 1.67. The molecule has 0 aromatic heterocycles. The average molecular weight is 240 g/mol. The summed E-state index contributed by atoms with van der Waals surface area (Å²) in [5.41, 5.74) is 0. The lowest BCUT2D eigenvalue weighted by Crippen LogP contribution is -2.35. The summed E-state index contributed by atoms with van der Waals surface area (Å²) in [4.78, 5) is 11.3. The molecule has 1 aliphatic carbocycles. The Hall–Kier alpha value is -0.610. The van der Waals surface area contributed by atoms with Gasteiger partial charge in [-0.1, -0.05) is 12.8 Å². The van der Waals surface area contributed by atoms with Gasteiger partial charge in [0.05, 0.1) is 31.3 Å². The normalized spacial score (nSPS) is 44.4. The van der Waals surface area contributed by atoms with Gasteiger partial charge in [0.1, 0.15) is 0 Å². The van der Waals surface area contributed by atoms with Crippen LogP contribution in [0.1, 0.15) is 32.1 Å². The van der Waals surface area contributed by atoms with Gasteiger partial charge in [0.2, 0.25) is 0 Å². The Morgan fingerprint density at radius 2 is 1.76 bits per heavy atom. The number of ether oxygens (including phenoxy) is 2. The molecule has 0 aromatic rings. The van der Waals surface area contributed by atoms with E-state index >= 15 is 0 Å². The Bertz CT molecular complexity index is 296. The van der Waals surface area contributed by atoms with E-state index in [1.165, 1.54) is 6.42 Å². The summed E-state index contributed by atoms with van der Waals surface area (Å²) in [6.45, 7) is 1.70. The van der Waals surface area contributed by atoms with Crippen molar-refractivity contribution in [2.45, 2.75) is 44.3 Å². The molecular formula is C13H20O4. The van der Waals surface area contributed by atoms with Crippen LogP contribution in [0.25, 0.3) is 0 Å². The number of rotatable bonds is 5. The Labute approximate surface area is 101 Å². The first-order chi connectivity index (χ1) is 8.24. The maximum atomic E-state index is 11.3. The van der Waals surface area contributed by atoms with Crippen LogP contribution < -0.4 is 0 Å². The monoisotopic (exact) mass is 240 g/mol. The zero-order valence-corrected chi connectivity index (χ0v) is 10.0. The van der Waals surface area contributed by atoms with Crippen molar-refractivity contribution in [1.29, 1.82) is 0 Å². The van der Waals surface area contributed by atoms with Crippen LogP contribution in [0, 0.1) is 17.8 Å². The molecule has 2 heterocycles. The first-order valence-corrected chi connectivity index (χ1v) is 6.70. The maximum absolute atomic E-state index is 11.3. The lowest BCUT2D eigenvalue weighted by Gasteiger charge is -2.36. The average Bonchev–Trinajstić information content (AvgIpc) is 3.13. The first kappa shape index (κ1) is 11.5. The molecule has 4 heteroatoms. The molecule has 1 N–H and O–H groups in total. The molecule has 0 bridgehead atoms. The van der Waals surface area contributed by atoms with Crippen molar-refractivity contribution in [3.05, 3.63) is 0 Å². The molecule has 5 atom stereocenters. The predicted molar refractivity (Wildman–Crippen MR) is 60.7 cm³/mol. The largest absolute Gasteiger partial charge is 0.481 e. The summed E-state index contributed by atoms with van der Waals surface area (Å²) in [5.74, 6) is 0.0632. The molecule has 2 aliphatic heterocycles. The van der Waals surface area contributed by atoms with E-state index in [1.807, 2.05) is 0 Å². The van der Waals surface area contributed by atoms with Gasteiger partial charge < -0.3 is 14.6 Å². The molecule has 96 valence electrons. The molecule has 3 rings (SSSR count). The van der Waals surface area contributed by atoms with E-state index < -0.39 is 5.97 Å². The molecule has 4 nitrogen and oxygen atoms in total. The molecule has 0 aromatic carbocycles. The number of carboxylic acids is 1. The van der Waals surface area contributed by atoms with Crippen LogP contribution in [0.5, 0.6) is 0 Å². The third kappa shape index (κ3) is 2.80. The minimum Gasteiger partial charge on any atom is -0.481 e. The second kappa shape index (κ2) is 4.58. The third-order valence-electron chi connectivity index (χ3n) is 4.44. The Morgan fingerprint density at radius 1 is 1.12 bits per heavy atom. The fraction of sp³-hybridized carbons (Fsp3) is 0.923. The molecule has 0 amide bonds. The minimum atomic E-state index is -0.614. The van der Waals surface area contributed by atoms with Gasteiger partial charge in [-0.2, -0.15) is 0 Å². The van der Waals surface area contributed by atoms with Crippen molar-refractivity contribution < 1.29 is 19.4 Å². The highest BCUT2D eigenvalue weighted by atomic mass is 16.6. The third-order valence-corrected chi connectivity index (χ3v) is 4.44. The molecule has 0 spiro atoms. The molecule has 5 unspecified atom stereocenters. The highest BCUT2D eigenvalue weighted by molar-refractivity contribution is 5.70. The Morgan fingerprint density at radius 3 is 2.35 bits per heavy atom. The second-order valence-electron chi connectivity index (χ2n) is 5.68. The summed E-state index contributed by atoms with van der Waals surface area (Å²) < 4.78 is 10.6. The zero-order chi connectivity index (χ0) is 11.8. The van der Waals surface area contributed by atoms with E-state index in [9.17, 15) is 9.90 Å². The van der Waals surface area contributed by atoms with E-state index in [-0.39, 0.29) is 5.92 Å². The Kier molecular flexibility index (Phi) is 3.09. The molecule has 2 saturated heterocycles. The number of carbonyl (C=O) groups is 1. The number of epoxide rings is 2. The lowest BCUT2D eigenvalue weighted by molar-refractivity contribution is -0.146. The van der Waals surface area contributed by atoms with Gasteiger partial charge in [0.25, 0.3) is 0 Å². The van der Waals surface area contributed by atoms with Crippen molar-refractivity contribution in [3.63, 3.8) is 0 Å². The fourth-order valence-corrected chi connectivity index (χ4v) is 3.36. The highest BCUT2D eigenvalue weighted by Gasteiger charge is 2.42. The van der Waals surface area contributed by atoms with Crippen LogP contribution in [-0.4, -0.2) is 36.5 Å². The van der Waals surface area contributed by atoms with E-state index in [0.29, 0.717) is 24.0 Å². The second-order valence-corrected chi connectivity index (χ2v) is 5.68. The predicted octanol–water partition coefficient (Wildman–Crippen LogP) is 1.68. The van der Waals surface area contributed by atoms with Gasteiger partial charge in [-0.05, 0) is 31.1 Å². The van der Waals surface area contributed by atoms with Gasteiger partial charge in [-0.15, -0.1) is 0 Å². The summed E-state index contributed by atoms with van der Waals surface area (Å²) >= 11 is 0. The van der Waals surface area contributed by atoms with E-state index in [1.54, 1.807) is 0 Å². The van der Waals surface area contributed by atoms with Crippen molar-refractivity contribution in [2.24, 2.45) is 17.8 Å². The molecule has 0 radical (unpaired) electrons. The maximum Gasteiger partial charge on any atom is 0.306 e. The minimum absolute atomic E-state index is 0.156. The van der Waals surface area contributed by atoms with E-state index in [4.69, 9.17) is 9.47 Å². The van der Waals surface area contributed by atoms with Crippen LogP contribution in [0.2, 0.25) is 0 Å². The van der Waals surface area contributed by atoms with Gasteiger partial charge >= 0.3 is 5.97 Å². The van der Waals surface area contributed by atoms with Crippen LogP contribution in [0.3, 0.4) is 0 Å². The van der Waals surface area contributed by atoms with E-state index in [2.05, 4.69) is 0 Å². The van der Waals surface area contributed by atoms with Crippen LogP contribution in [0.15, 0.2) is 0 Å². The molecule has 3 fully saturated rings. The molecule has 1 saturated carbocycles. The van der Waals surface area contributed by atoms with Crippen molar-refractivity contribution >= 4 is 5.97 Å². The fourth-order valence-electron chi connectivity index (χ4n) is 3.36. The van der Waals surface area contributed by atoms with Crippen molar-refractivity contribution in [3.8, 4) is 0 Å². The number of hydrogen-bond donors (Lipinski definition) is 1. The molecular weight excluding hydrogens is 220 g/mol. The standard InChI is InChI=1S/C13H20O4/c14-13(15)11-3-1-2-8(4-9-6-16-9)12(11)5-10-7-17-10/h8-12H,1-7H2,(H,14,15). The van der Waals surface area contributed by atoms with E-state index in [0.717, 1.165) is 38.9 Å². The topological polar surface area (TPSA) is 62.4 Å². The number of carboxylic acid groups (broad SMARTS) is 1. The first-order valence-electron chi connectivity index (χ1n) is 6.70. The molecule has 17 heavy (non-hydrogen) atoms. The SMILES string of the molecule is O=C(O)C1CCCC(CC2CO2)C1CC1CO1. The van der Waals surface area contributed by atoms with Crippen LogP contribution in [0.4, 0.5) is 0 Å². The van der Waals surface area contributed by atoms with Crippen LogP contribution >= 0.6 is 0 Å². The lowest BCUT2D eigenvalue weighted by atomic mass is 9.68. The summed E-state index contributed by atoms with van der Waals surface area (Å²) in [6, 6.07) is 0. The highest BCUT2D eigenvalue weighted by Crippen LogP contribution is 2.43. The zero-order valence-electron chi connectivity index (χ0n) is 10.0. The van der Waals surface area contributed by atoms with Crippen molar-refractivity contribution in [2.75, 3.05) is 13.2 Å². The smallest absolute Gasteiger partial charge is 0.306 e. The van der Waals surface area contributed by atoms with Gasteiger partial charge in [0, 0.05) is 0 Å². The number of hydrogen-bond acceptors (Lipinski definition) is 3. The molecule has 3 aliphatic rings. The summed E-state index contributed by atoms with van der Waals surface area (Å²) in [5, 5.41) is 9.34. The summed E-state index contributed by atoms with van der Waals surface area (Å²) in [7, 11) is 0. The van der Waals surface area contributed by atoms with Gasteiger partial charge in [0.15, 0.2) is 0 Å². The summed E-state index contributed by atoms with van der Waals surface area (Å²) in [6.07, 6.45) is 5.81. The van der Waals surface area contributed by atoms with Gasteiger partial charge in [-0.25, -0.2) is 0 Å². The quantitative estimate of drug-likeness (QED) is 0.743. The van der Waals surface area contributed by atoms with Crippen molar-refractivity contribution in [1.82, 2.24) is 0 Å².